The van der Waals surface area contributed by atoms with E-state index in [9.17, 15) is 0 Å². The molecular formula is C82H55N3. The Labute approximate surface area is 494 Å². The summed E-state index contributed by atoms with van der Waals surface area (Å²) in [7, 11) is 0. The predicted molar refractivity (Wildman–Crippen MR) is 355 cm³/mol. The SMILES string of the molecule is CC1(C)c2ccccc2-c2ccc(N(c3cccc(-n4c5ccccc5c5ccccc54)c3)c3cc4c5ccccc5n5c4c4c3C(c3ccc(-c6ccccc6)cc3)(c3ccccc3-c3ccccc3)c3cccc(c3-4)-c3ccccc3-5)cc21. The van der Waals surface area contributed by atoms with E-state index in [-0.39, 0.29) is 5.41 Å². The van der Waals surface area contributed by atoms with Gasteiger partial charge in [-0.15, -0.1) is 0 Å². The molecule has 0 spiro atoms. The van der Waals surface area contributed by atoms with E-state index in [1.54, 1.807) is 0 Å². The predicted octanol–water partition coefficient (Wildman–Crippen LogP) is 21.3. The third-order valence-electron chi connectivity index (χ3n) is 19.3. The van der Waals surface area contributed by atoms with Crippen LogP contribution in [0, 0.1) is 0 Å². The smallest absolute Gasteiger partial charge is 0.0741 e. The van der Waals surface area contributed by atoms with Gasteiger partial charge in [-0.25, -0.2) is 0 Å². The molecule has 3 heteroatoms. The van der Waals surface area contributed by atoms with Crippen LogP contribution in [0.3, 0.4) is 0 Å². The van der Waals surface area contributed by atoms with Crippen molar-refractivity contribution in [3.05, 3.63) is 331 Å². The van der Waals surface area contributed by atoms with Gasteiger partial charge >= 0.3 is 0 Å². The number of hydrogen-bond donors (Lipinski definition) is 0. The van der Waals surface area contributed by atoms with Crippen molar-refractivity contribution in [2.75, 3.05) is 4.90 Å². The first-order valence-electron chi connectivity index (χ1n) is 29.8. The number of rotatable bonds is 8. The third kappa shape index (κ3) is 6.55. The van der Waals surface area contributed by atoms with Crippen LogP contribution in [0.1, 0.15) is 47.2 Å². The van der Waals surface area contributed by atoms with Gasteiger partial charge in [0.2, 0.25) is 0 Å². The van der Waals surface area contributed by atoms with E-state index in [0.29, 0.717) is 0 Å². The van der Waals surface area contributed by atoms with Crippen LogP contribution in [0.5, 0.6) is 0 Å². The van der Waals surface area contributed by atoms with E-state index in [2.05, 4.69) is 325 Å². The summed E-state index contributed by atoms with van der Waals surface area (Å²) in [5, 5.41) is 4.91. The molecular weight excluding hydrogens is 1030 g/mol. The van der Waals surface area contributed by atoms with Crippen LogP contribution in [0.25, 0.3) is 111 Å². The van der Waals surface area contributed by atoms with Crippen LogP contribution in [0.2, 0.25) is 0 Å². The lowest BCUT2D eigenvalue weighted by Gasteiger charge is -2.39. The molecule has 0 bridgehead atoms. The second-order valence-electron chi connectivity index (χ2n) is 23.9. The summed E-state index contributed by atoms with van der Waals surface area (Å²) in [4.78, 5) is 2.65. The Morgan fingerprint density at radius 2 is 0.847 bits per heavy atom. The molecule has 2 aromatic heterocycles. The second kappa shape index (κ2) is 17.9. The summed E-state index contributed by atoms with van der Waals surface area (Å²) in [5.74, 6) is 0. The van der Waals surface area contributed by atoms with Crippen molar-refractivity contribution >= 4 is 60.7 Å². The molecule has 15 aromatic rings. The van der Waals surface area contributed by atoms with E-state index >= 15 is 0 Å². The fourth-order valence-electron chi connectivity index (χ4n) is 15.7. The summed E-state index contributed by atoms with van der Waals surface area (Å²) < 4.78 is 5.07. The van der Waals surface area contributed by atoms with Crippen molar-refractivity contribution in [1.82, 2.24) is 9.13 Å². The average Bonchev–Trinajstić information content (AvgIpc) is 1.56. The zero-order chi connectivity index (χ0) is 56.1. The van der Waals surface area contributed by atoms with Gasteiger partial charge in [-0.2, -0.15) is 0 Å². The van der Waals surface area contributed by atoms with Crippen molar-refractivity contribution in [2.24, 2.45) is 0 Å². The molecule has 1 aliphatic heterocycles. The molecule has 0 N–H and O–H groups in total. The molecule has 3 nitrogen and oxygen atoms in total. The lowest BCUT2D eigenvalue weighted by atomic mass is 9.65. The van der Waals surface area contributed by atoms with Crippen LogP contribution in [0.4, 0.5) is 17.1 Å². The Balaban J connectivity index is 1.04. The van der Waals surface area contributed by atoms with Crippen molar-refractivity contribution in [3.63, 3.8) is 0 Å². The zero-order valence-electron chi connectivity index (χ0n) is 47.1. The molecule has 0 saturated carbocycles. The minimum Gasteiger partial charge on any atom is -0.310 e. The first kappa shape index (κ1) is 47.9. The van der Waals surface area contributed by atoms with Gasteiger partial charge in [0.25, 0.3) is 0 Å². The number of aromatic nitrogens is 2. The topological polar surface area (TPSA) is 13.1 Å². The van der Waals surface area contributed by atoms with Gasteiger partial charge in [-0.3, -0.25) is 0 Å². The molecule has 0 amide bonds. The summed E-state index contributed by atoms with van der Waals surface area (Å²) in [6.07, 6.45) is 0. The molecule has 18 rings (SSSR count). The molecule has 1 atom stereocenters. The van der Waals surface area contributed by atoms with Gasteiger partial charge in [0.1, 0.15) is 0 Å². The normalized spacial score (nSPS) is 14.8. The molecule has 398 valence electrons. The highest BCUT2D eigenvalue weighted by Crippen LogP contribution is 2.67. The Morgan fingerprint density at radius 3 is 1.58 bits per heavy atom. The minimum atomic E-state index is -0.894. The van der Waals surface area contributed by atoms with Gasteiger partial charge in [0.15, 0.2) is 0 Å². The Bertz CT molecular complexity index is 5220. The maximum atomic E-state index is 2.65. The van der Waals surface area contributed by atoms with Crippen LogP contribution in [-0.4, -0.2) is 9.13 Å². The first-order chi connectivity index (χ1) is 42.0. The number of anilines is 3. The number of fused-ring (bicyclic) bond motifs is 12. The number of benzene rings is 13. The molecule has 2 aliphatic carbocycles. The average molecular weight is 1080 g/mol. The van der Waals surface area contributed by atoms with Crippen LogP contribution in [-0.2, 0) is 10.8 Å². The van der Waals surface area contributed by atoms with Crippen molar-refractivity contribution < 1.29 is 0 Å². The standard InChI is InChI=1S/C82H55N3/c1-81(2)68-36-15-10-30-60(68)61-48-47-58(50-71(61)81)83(56-27-21-28-57(49-56)84-72-39-17-11-31-62(72)63-32-12-18-40-73(63)84)76-51-67-65-34-14-20-42-75(65)85-74-41-19-13-33-64(74)66-35-22-38-70-77(66)78(80(67)85)79(76)82(70,55-45-43-53(44-46-55)52-23-5-3-6-24-52)69-37-16-9-29-59(69)54-25-7-4-8-26-54/h3-51H,1-2H3. The van der Waals surface area contributed by atoms with Gasteiger partial charge in [-0.1, -0.05) is 250 Å². The van der Waals surface area contributed by atoms with Gasteiger partial charge in [0, 0.05) is 60.7 Å². The quantitative estimate of drug-likeness (QED) is 0.148. The van der Waals surface area contributed by atoms with E-state index < -0.39 is 5.41 Å². The second-order valence-corrected chi connectivity index (χ2v) is 23.9. The van der Waals surface area contributed by atoms with Crippen LogP contribution in [0.15, 0.2) is 297 Å². The first-order valence-corrected chi connectivity index (χ1v) is 29.8. The molecule has 3 heterocycles. The highest BCUT2D eigenvalue weighted by molar-refractivity contribution is 6.22. The van der Waals surface area contributed by atoms with E-state index in [1.165, 1.54) is 138 Å². The molecule has 1 unspecified atom stereocenters. The third-order valence-corrected chi connectivity index (χ3v) is 19.3. The fraction of sp³-hybridized carbons (Fsp3) is 0.0488. The maximum Gasteiger partial charge on any atom is 0.0741 e. The zero-order valence-corrected chi connectivity index (χ0v) is 47.1. The van der Waals surface area contributed by atoms with Gasteiger partial charge < -0.3 is 14.0 Å². The number of hydrogen-bond acceptors (Lipinski definition) is 1. The van der Waals surface area contributed by atoms with Crippen LogP contribution < -0.4 is 4.90 Å². The highest BCUT2D eigenvalue weighted by Gasteiger charge is 2.53. The molecule has 13 aromatic carbocycles. The van der Waals surface area contributed by atoms with Crippen molar-refractivity contribution in [3.8, 4) is 67.0 Å². The maximum absolute atomic E-state index is 2.65. The van der Waals surface area contributed by atoms with E-state index in [1.807, 2.05) is 0 Å². The lowest BCUT2D eigenvalue weighted by Crippen LogP contribution is -2.31. The molecule has 0 fully saturated rings. The van der Waals surface area contributed by atoms with Gasteiger partial charge in [-0.05, 0) is 133 Å². The Kier molecular flexibility index (Phi) is 10.1. The number of nitrogens with zero attached hydrogens (tertiary/aromatic N) is 3. The highest BCUT2D eigenvalue weighted by atomic mass is 15.2. The fourth-order valence-corrected chi connectivity index (χ4v) is 15.7. The Hall–Kier alpha value is -10.7. The lowest BCUT2D eigenvalue weighted by molar-refractivity contribution is 0.660. The summed E-state index contributed by atoms with van der Waals surface area (Å²) in [5.41, 5.74) is 29.1. The molecule has 85 heavy (non-hydrogen) atoms. The summed E-state index contributed by atoms with van der Waals surface area (Å²) >= 11 is 0. The van der Waals surface area contributed by atoms with E-state index in [0.717, 1.165) is 22.7 Å². The monoisotopic (exact) mass is 1080 g/mol. The summed E-state index contributed by atoms with van der Waals surface area (Å²) in [6.45, 7) is 4.81. The molecule has 0 radical (unpaired) electrons. The Morgan fingerprint density at radius 1 is 0.318 bits per heavy atom. The summed E-state index contributed by atoms with van der Waals surface area (Å²) in [6, 6.07) is 112. The molecule has 0 saturated heterocycles. The van der Waals surface area contributed by atoms with Gasteiger partial charge in [0.05, 0.1) is 38.9 Å². The minimum absolute atomic E-state index is 0.258. The molecule has 3 aliphatic rings. The van der Waals surface area contributed by atoms with Crippen molar-refractivity contribution in [2.45, 2.75) is 24.7 Å². The number of para-hydroxylation sites is 4. The van der Waals surface area contributed by atoms with E-state index in [4.69, 9.17) is 0 Å². The largest absolute Gasteiger partial charge is 0.310 e. The van der Waals surface area contributed by atoms with Crippen LogP contribution >= 0.6 is 0 Å². The van der Waals surface area contributed by atoms with Crippen molar-refractivity contribution in [1.29, 1.82) is 0 Å².